The van der Waals surface area contributed by atoms with E-state index in [1.165, 1.54) is 93.9 Å². The van der Waals surface area contributed by atoms with Crippen molar-refractivity contribution in [3.63, 3.8) is 0 Å². The summed E-state index contributed by atoms with van der Waals surface area (Å²) >= 11 is 0. The Kier molecular flexibility index (Phi) is 10.1. The van der Waals surface area contributed by atoms with Crippen LogP contribution in [0.2, 0.25) is 0 Å². The molecule has 13 rings (SSSR count). The van der Waals surface area contributed by atoms with Gasteiger partial charge in [0.1, 0.15) is 0 Å². The number of rotatable bonds is 9. The van der Waals surface area contributed by atoms with Crippen LogP contribution in [0.1, 0.15) is 22.3 Å². The Morgan fingerprint density at radius 3 is 1.43 bits per heavy atom. The summed E-state index contributed by atoms with van der Waals surface area (Å²) in [6.07, 6.45) is 0. The first-order chi connectivity index (χ1) is 34.7. The Balaban J connectivity index is 0.979. The van der Waals surface area contributed by atoms with Crippen LogP contribution in [0.4, 0.5) is 17.1 Å². The number of hydrogen-bond acceptors (Lipinski definition) is 1. The summed E-state index contributed by atoms with van der Waals surface area (Å²) < 4.78 is 0. The Bertz CT molecular complexity index is 3810. The van der Waals surface area contributed by atoms with Crippen molar-refractivity contribution in [2.75, 3.05) is 4.90 Å². The fourth-order valence-electron chi connectivity index (χ4n) is 11.4. The summed E-state index contributed by atoms with van der Waals surface area (Å²) in [4.78, 5) is 2.44. The Morgan fingerprint density at radius 2 is 0.729 bits per heavy atom. The highest BCUT2D eigenvalue weighted by molar-refractivity contribution is 6.09. The number of fused-ring (bicyclic) bond motifs is 5. The molecule has 0 fully saturated rings. The lowest BCUT2D eigenvalue weighted by Crippen LogP contribution is -2.28. The van der Waals surface area contributed by atoms with Crippen molar-refractivity contribution in [3.8, 4) is 55.6 Å². The van der Waals surface area contributed by atoms with Crippen molar-refractivity contribution in [3.05, 3.63) is 307 Å². The van der Waals surface area contributed by atoms with E-state index in [0.29, 0.717) is 0 Å². The molecule has 1 aliphatic rings. The second-order valence-electron chi connectivity index (χ2n) is 18.3. The lowest BCUT2D eigenvalue weighted by molar-refractivity contribution is 0.768. The van der Waals surface area contributed by atoms with Crippen LogP contribution in [0.5, 0.6) is 0 Å². The maximum atomic E-state index is 2.44. The van der Waals surface area contributed by atoms with Crippen LogP contribution in [0.25, 0.3) is 77.2 Å². The third kappa shape index (κ3) is 6.78. The molecule has 0 unspecified atom stereocenters. The number of anilines is 3. The Hall–Kier alpha value is -9.04. The molecular weight excluding hydrogens is 843 g/mol. The zero-order valence-electron chi connectivity index (χ0n) is 38.6. The molecule has 0 aliphatic heterocycles. The maximum absolute atomic E-state index is 2.44. The van der Waals surface area contributed by atoms with Crippen LogP contribution in [-0.4, -0.2) is 0 Å². The first-order valence-electron chi connectivity index (χ1n) is 24.2. The lowest BCUT2D eigenvalue weighted by Gasteiger charge is -2.34. The molecule has 0 aromatic heterocycles. The molecule has 0 saturated carbocycles. The lowest BCUT2D eigenvalue weighted by atomic mass is 9.67. The van der Waals surface area contributed by atoms with Gasteiger partial charge in [-0.2, -0.15) is 0 Å². The minimum absolute atomic E-state index is 0.466. The van der Waals surface area contributed by atoms with Gasteiger partial charge in [-0.15, -0.1) is 0 Å². The van der Waals surface area contributed by atoms with Crippen LogP contribution < -0.4 is 4.90 Å². The van der Waals surface area contributed by atoms with Gasteiger partial charge in [-0.05, 0) is 130 Å². The van der Waals surface area contributed by atoms with Crippen LogP contribution in [0.15, 0.2) is 285 Å². The van der Waals surface area contributed by atoms with Crippen LogP contribution >= 0.6 is 0 Å². The van der Waals surface area contributed by atoms with Crippen molar-refractivity contribution in [2.24, 2.45) is 0 Å². The molecule has 0 bridgehead atoms. The maximum Gasteiger partial charge on any atom is 0.0713 e. The molecule has 0 N–H and O–H groups in total. The van der Waals surface area contributed by atoms with E-state index in [-0.39, 0.29) is 0 Å². The predicted molar refractivity (Wildman–Crippen MR) is 295 cm³/mol. The highest BCUT2D eigenvalue weighted by Crippen LogP contribution is 2.58. The van der Waals surface area contributed by atoms with Gasteiger partial charge in [0.15, 0.2) is 0 Å². The molecule has 1 nitrogen and oxygen atoms in total. The number of hydrogen-bond donors (Lipinski definition) is 0. The molecule has 328 valence electrons. The molecule has 1 aliphatic carbocycles. The molecule has 0 spiro atoms. The molecule has 0 heterocycles. The van der Waals surface area contributed by atoms with E-state index >= 15 is 0 Å². The zero-order valence-corrected chi connectivity index (χ0v) is 38.6. The van der Waals surface area contributed by atoms with E-state index in [2.05, 4.69) is 290 Å². The normalized spacial score (nSPS) is 12.4. The van der Waals surface area contributed by atoms with E-state index in [4.69, 9.17) is 0 Å². The average molecular weight is 890 g/mol. The van der Waals surface area contributed by atoms with Gasteiger partial charge in [0, 0.05) is 16.9 Å². The van der Waals surface area contributed by atoms with Gasteiger partial charge in [-0.3, -0.25) is 0 Å². The van der Waals surface area contributed by atoms with Gasteiger partial charge in [0.05, 0.1) is 11.1 Å². The quantitative estimate of drug-likeness (QED) is 0.140. The smallest absolute Gasteiger partial charge is 0.0713 e. The minimum atomic E-state index is -0.466. The fourth-order valence-corrected chi connectivity index (χ4v) is 11.4. The third-order valence-corrected chi connectivity index (χ3v) is 14.6. The third-order valence-electron chi connectivity index (χ3n) is 14.6. The van der Waals surface area contributed by atoms with E-state index in [0.717, 1.165) is 22.6 Å². The molecule has 0 saturated heterocycles. The molecule has 12 aromatic rings. The summed E-state index contributed by atoms with van der Waals surface area (Å²) in [5.41, 5.74) is 20.1. The van der Waals surface area contributed by atoms with Crippen LogP contribution in [-0.2, 0) is 5.41 Å². The molecule has 0 amide bonds. The van der Waals surface area contributed by atoms with Crippen LogP contribution in [0, 0.1) is 0 Å². The zero-order chi connectivity index (χ0) is 46.4. The summed E-state index contributed by atoms with van der Waals surface area (Å²) in [5, 5.41) is 4.94. The molecular formula is C69H47N. The van der Waals surface area contributed by atoms with Crippen molar-refractivity contribution in [1.29, 1.82) is 0 Å². The molecule has 1 heteroatoms. The molecule has 0 radical (unpaired) electrons. The highest BCUT2D eigenvalue weighted by atomic mass is 15.1. The van der Waals surface area contributed by atoms with Gasteiger partial charge in [-0.1, -0.05) is 249 Å². The number of nitrogens with zero attached hydrogens (tertiary/aromatic N) is 1. The standard InChI is InChI=1S/C69H47N/c1-4-20-50(21-5-1)59-31-16-23-52-24-17-33-62(67(52)59)61-29-13-15-36-66(61)70(57-43-39-49(40-44-57)54-38-37-48-19-10-11-22-53(48)47-54)58-45-41-51(42-46-58)60-32-18-35-65-68(60)63-30-12-14-34-64(63)69(65,55-25-6-2-7-26-55)56-27-8-3-9-28-56/h1-47H. The first-order valence-corrected chi connectivity index (χ1v) is 24.2. The largest absolute Gasteiger partial charge is 0.310 e. The van der Waals surface area contributed by atoms with Gasteiger partial charge in [0.2, 0.25) is 0 Å². The second kappa shape index (κ2) is 17.2. The summed E-state index contributed by atoms with van der Waals surface area (Å²) in [5.74, 6) is 0. The second-order valence-corrected chi connectivity index (χ2v) is 18.3. The van der Waals surface area contributed by atoms with E-state index in [1.54, 1.807) is 0 Å². The topological polar surface area (TPSA) is 3.24 Å². The Labute approximate surface area is 409 Å². The molecule has 0 atom stereocenters. The summed E-state index contributed by atoms with van der Waals surface area (Å²) in [7, 11) is 0. The van der Waals surface area contributed by atoms with Gasteiger partial charge >= 0.3 is 0 Å². The van der Waals surface area contributed by atoms with Crippen LogP contribution in [0.3, 0.4) is 0 Å². The fraction of sp³-hybridized carbons (Fsp3) is 0.0145. The SMILES string of the molecule is c1ccc(-c2cccc3cccc(-c4ccccc4N(c4ccc(-c5ccc6ccccc6c5)cc4)c4ccc(-c5cccc6c5-c5ccccc5C6(c5ccccc5)c5ccccc5)cc4)c23)cc1. The summed E-state index contributed by atoms with van der Waals surface area (Å²) in [6, 6.07) is 105. The minimum Gasteiger partial charge on any atom is -0.310 e. The highest BCUT2D eigenvalue weighted by Gasteiger charge is 2.46. The van der Waals surface area contributed by atoms with Gasteiger partial charge < -0.3 is 4.90 Å². The van der Waals surface area contributed by atoms with Crippen molar-refractivity contribution in [1.82, 2.24) is 0 Å². The average Bonchev–Trinajstić information content (AvgIpc) is 3.75. The van der Waals surface area contributed by atoms with E-state index in [9.17, 15) is 0 Å². The van der Waals surface area contributed by atoms with Gasteiger partial charge in [-0.25, -0.2) is 0 Å². The number of para-hydroxylation sites is 1. The summed E-state index contributed by atoms with van der Waals surface area (Å²) in [6.45, 7) is 0. The molecule has 70 heavy (non-hydrogen) atoms. The van der Waals surface area contributed by atoms with E-state index in [1.807, 2.05) is 0 Å². The Morgan fingerprint density at radius 1 is 0.257 bits per heavy atom. The van der Waals surface area contributed by atoms with Crippen molar-refractivity contribution >= 4 is 38.6 Å². The van der Waals surface area contributed by atoms with Crippen molar-refractivity contribution < 1.29 is 0 Å². The first kappa shape index (κ1) is 41.2. The van der Waals surface area contributed by atoms with Crippen molar-refractivity contribution in [2.45, 2.75) is 5.41 Å². The van der Waals surface area contributed by atoms with E-state index < -0.39 is 5.41 Å². The molecule has 12 aromatic carbocycles. The predicted octanol–water partition coefficient (Wildman–Crippen LogP) is 18.5. The van der Waals surface area contributed by atoms with Gasteiger partial charge in [0.25, 0.3) is 0 Å². The number of benzene rings is 12. The monoisotopic (exact) mass is 889 g/mol.